The van der Waals surface area contributed by atoms with Crippen molar-refractivity contribution in [3.63, 3.8) is 0 Å². The molecule has 0 saturated heterocycles. The van der Waals surface area contributed by atoms with Crippen LogP contribution in [0.4, 0.5) is 0 Å². The standard InChI is InChI=1S/C23H25NO4/c1-23(2,3)17-12-10-16(11-13-17)15-28-20(25)9-6-14-24-21(26)18-7-4-5-8-19(18)22(24)27/h4-5,7-8,10-13H,6,9,14-15H2,1-3H3. The monoisotopic (exact) mass is 379 g/mol. The van der Waals surface area contributed by atoms with E-state index in [4.69, 9.17) is 4.74 Å². The molecule has 2 amide bonds. The van der Waals surface area contributed by atoms with Gasteiger partial charge in [-0.15, -0.1) is 0 Å². The van der Waals surface area contributed by atoms with Gasteiger partial charge in [0.05, 0.1) is 11.1 Å². The minimum absolute atomic E-state index is 0.0826. The van der Waals surface area contributed by atoms with Gasteiger partial charge in [-0.3, -0.25) is 19.3 Å². The van der Waals surface area contributed by atoms with Crippen LogP contribution in [-0.4, -0.2) is 29.2 Å². The number of ether oxygens (including phenoxy) is 1. The molecule has 0 saturated carbocycles. The van der Waals surface area contributed by atoms with Crippen LogP contribution in [0.2, 0.25) is 0 Å². The molecule has 3 rings (SSSR count). The summed E-state index contributed by atoms with van der Waals surface area (Å²) >= 11 is 0. The first-order chi connectivity index (χ1) is 13.3. The van der Waals surface area contributed by atoms with Crippen molar-refractivity contribution < 1.29 is 19.1 Å². The Kier molecular flexibility index (Phi) is 5.63. The summed E-state index contributed by atoms with van der Waals surface area (Å²) in [6, 6.07) is 14.8. The molecular weight excluding hydrogens is 354 g/mol. The highest BCUT2D eigenvalue weighted by Gasteiger charge is 2.34. The largest absolute Gasteiger partial charge is 0.461 e. The van der Waals surface area contributed by atoms with Crippen molar-refractivity contribution >= 4 is 17.8 Å². The average molecular weight is 379 g/mol. The van der Waals surface area contributed by atoms with Crippen molar-refractivity contribution in [2.75, 3.05) is 6.54 Å². The molecule has 0 radical (unpaired) electrons. The molecule has 0 aliphatic carbocycles. The number of benzene rings is 2. The maximum absolute atomic E-state index is 12.3. The summed E-state index contributed by atoms with van der Waals surface area (Å²) in [5, 5.41) is 0. The van der Waals surface area contributed by atoms with E-state index in [0.29, 0.717) is 17.5 Å². The third-order valence-electron chi connectivity index (χ3n) is 4.86. The van der Waals surface area contributed by atoms with Crippen molar-refractivity contribution in [2.45, 2.75) is 45.6 Å². The first-order valence-corrected chi connectivity index (χ1v) is 9.47. The van der Waals surface area contributed by atoms with E-state index in [9.17, 15) is 14.4 Å². The highest BCUT2D eigenvalue weighted by Crippen LogP contribution is 2.23. The molecule has 0 atom stereocenters. The topological polar surface area (TPSA) is 63.7 Å². The van der Waals surface area contributed by atoms with Crippen LogP contribution in [-0.2, 0) is 21.6 Å². The van der Waals surface area contributed by atoms with Crippen molar-refractivity contribution in [1.29, 1.82) is 0 Å². The van der Waals surface area contributed by atoms with Crippen LogP contribution in [0.1, 0.15) is 65.5 Å². The maximum Gasteiger partial charge on any atom is 0.306 e. The van der Waals surface area contributed by atoms with E-state index in [1.54, 1.807) is 24.3 Å². The fourth-order valence-electron chi connectivity index (χ4n) is 3.16. The Hall–Kier alpha value is -2.95. The molecule has 0 unspecified atom stereocenters. The van der Waals surface area contributed by atoms with E-state index in [-0.39, 0.29) is 42.8 Å². The molecule has 1 aliphatic rings. The van der Waals surface area contributed by atoms with Gasteiger partial charge in [0.1, 0.15) is 6.61 Å². The minimum Gasteiger partial charge on any atom is -0.461 e. The summed E-state index contributed by atoms with van der Waals surface area (Å²) in [5.74, 6) is -0.933. The number of imide groups is 1. The predicted molar refractivity (Wildman–Crippen MR) is 106 cm³/mol. The molecule has 0 aromatic heterocycles. The Bertz CT molecular complexity index is 859. The van der Waals surface area contributed by atoms with E-state index in [0.717, 1.165) is 5.56 Å². The Morgan fingerprint density at radius 1 is 0.929 bits per heavy atom. The van der Waals surface area contributed by atoms with Crippen molar-refractivity contribution in [2.24, 2.45) is 0 Å². The van der Waals surface area contributed by atoms with Gasteiger partial charge in [-0.2, -0.15) is 0 Å². The Morgan fingerprint density at radius 2 is 1.50 bits per heavy atom. The Labute approximate surface area is 165 Å². The molecular formula is C23H25NO4. The molecule has 0 N–H and O–H groups in total. The van der Waals surface area contributed by atoms with E-state index < -0.39 is 0 Å². The lowest BCUT2D eigenvalue weighted by Gasteiger charge is -2.19. The number of carbonyl (C=O) groups excluding carboxylic acids is 3. The van der Waals surface area contributed by atoms with Gasteiger partial charge in [0.25, 0.3) is 11.8 Å². The fraction of sp³-hybridized carbons (Fsp3) is 0.348. The van der Waals surface area contributed by atoms with Crippen LogP contribution in [0.15, 0.2) is 48.5 Å². The Balaban J connectivity index is 1.44. The zero-order valence-electron chi connectivity index (χ0n) is 16.5. The van der Waals surface area contributed by atoms with Crippen LogP contribution in [0.5, 0.6) is 0 Å². The number of rotatable bonds is 6. The summed E-state index contributed by atoms with van der Waals surface area (Å²) in [7, 11) is 0. The molecule has 0 fully saturated rings. The summed E-state index contributed by atoms with van der Waals surface area (Å²) in [6.45, 7) is 6.88. The molecule has 0 bridgehead atoms. The molecule has 2 aromatic rings. The van der Waals surface area contributed by atoms with Gasteiger partial charge in [0.2, 0.25) is 0 Å². The lowest BCUT2D eigenvalue weighted by molar-refractivity contribution is -0.145. The number of esters is 1. The summed E-state index contributed by atoms with van der Waals surface area (Å²) < 4.78 is 5.31. The fourth-order valence-corrected chi connectivity index (χ4v) is 3.16. The number of hydrogen-bond donors (Lipinski definition) is 0. The third-order valence-corrected chi connectivity index (χ3v) is 4.86. The predicted octanol–water partition coefficient (Wildman–Crippen LogP) is 4.10. The molecule has 5 heteroatoms. The first kappa shape index (κ1) is 19.8. The lowest BCUT2D eigenvalue weighted by Crippen LogP contribution is -2.31. The van der Waals surface area contributed by atoms with E-state index >= 15 is 0 Å². The zero-order valence-corrected chi connectivity index (χ0v) is 16.5. The van der Waals surface area contributed by atoms with Gasteiger partial charge >= 0.3 is 5.97 Å². The van der Waals surface area contributed by atoms with Crippen molar-refractivity contribution in [1.82, 2.24) is 4.90 Å². The van der Waals surface area contributed by atoms with E-state index in [1.165, 1.54) is 10.5 Å². The van der Waals surface area contributed by atoms with Gasteiger partial charge in [0, 0.05) is 13.0 Å². The maximum atomic E-state index is 12.3. The highest BCUT2D eigenvalue weighted by atomic mass is 16.5. The van der Waals surface area contributed by atoms with Crippen LogP contribution in [0.25, 0.3) is 0 Å². The number of amides is 2. The molecule has 28 heavy (non-hydrogen) atoms. The number of carbonyl (C=O) groups is 3. The average Bonchev–Trinajstić information content (AvgIpc) is 2.91. The van der Waals surface area contributed by atoms with Gasteiger partial charge in [-0.1, -0.05) is 57.2 Å². The number of nitrogens with zero attached hydrogens (tertiary/aromatic N) is 1. The van der Waals surface area contributed by atoms with Gasteiger partial charge in [-0.05, 0) is 35.1 Å². The van der Waals surface area contributed by atoms with E-state index in [2.05, 4.69) is 20.8 Å². The van der Waals surface area contributed by atoms with Crippen LogP contribution in [0, 0.1) is 0 Å². The molecule has 0 spiro atoms. The SMILES string of the molecule is CC(C)(C)c1ccc(COC(=O)CCCN2C(=O)c3ccccc3C2=O)cc1. The van der Waals surface area contributed by atoms with Crippen molar-refractivity contribution in [3.8, 4) is 0 Å². The smallest absolute Gasteiger partial charge is 0.306 e. The molecule has 146 valence electrons. The first-order valence-electron chi connectivity index (χ1n) is 9.47. The number of hydrogen-bond acceptors (Lipinski definition) is 4. The lowest BCUT2D eigenvalue weighted by atomic mass is 9.87. The molecule has 5 nitrogen and oxygen atoms in total. The van der Waals surface area contributed by atoms with Crippen LogP contribution < -0.4 is 0 Å². The summed E-state index contributed by atoms with van der Waals surface area (Å²) in [4.78, 5) is 37.7. The van der Waals surface area contributed by atoms with Crippen LogP contribution >= 0.6 is 0 Å². The molecule has 1 heterocycles. The van der Waals surface area contributed by atoms with Crippen LogP contribution in [0.3, 0.4) is 0 Å². The molecule has 1 aliphatic heterocycles. The second kappa shape index (κ2) is 7.97. The second-order valence-electron chi connectivity index (χ2n) is 8.02. The van der Waals surface area contributed by atoms with Gasteiger partial charge < -0.3 is 4.74 Å². The summed E-state index contributed by atoms with van der Waals surface area (Å²) in [5.41, 5.74) is 3.09. The highest BCUT2D eigenvalue weighted by molar-refractivity contribution is 6.21. The minimum atomic E-state index is -0.337. The van der Waals surface area contributed by atoms with E-state index in [1.807, 2.05) is 24.3 Å². The quantitative estimate of drug-likeness (QED) is 0.560. The van der Waals surface area contributed by atoms with Gasteiger partial charge in [-0.25, -0.2) is 0 Å². The third kappa shape index (κ3) is 4.30. The summed E-state index contributed by atoms with van der Waals surface area (Å²) in [6.07, 6.45) is 0.542. The second-order valence-corrected chi connectivity index (χ2v) is 8.02. The zero-order chi connectivity index (χ0) is 20.3. The van der Waals surface area contributed by atoms with Crippen molar-refractivity contribution in [3.05, 3.63) is 70.8 Å². The molecule has 2 aromatic carbocycles. The normalized spacial score (nSPS) is 13.6. The van der Waals surface area contributed by atoms with Gasteiger partial charge in [0.15, 0.2) is 0 Å². The number of fused-ring (bicyclic) bond motifs is 1. The Morgan fingerprint density at radius 3 is 2.04 bits per heavy atom.